The summed E-state index contributed by atoms with van der Waals surface area (Å²) in [5.74, 6) is -0.573. The van der Waals surface area contributed by atoms with E-state index in [2.05, 4.69) is 10.9 Å². The van der Waals surface area contributed by atoms with E-state index < -0.39 is 0 Å². The maximum Gasteiger partial charge on any atom is 0.241 e. The molecule has 0 aliphatic heterocycles. The molecule has 13 heavy (non-hydrogen) atoms. The van der Waals surface area contributed by atoms with E-state index in [1.54, 1.807) is 0 Å². The van der Waals surface area contributed by atoms with E-state index in [0.717, 1.165) is 0 Å². The molecule has 0 saturated carbocycles. The van der Waals surface area contributed by atoms with Crippen molar-refractivity contribution in [3.05, 3.63) is 0 Å². The van der Waals surface area contributed by atoms with Crippen molar-refractivity contribution in [1.82, 2.24) is 10.9 Å². The van der Waals surface area contributed by atoms with Crippen molar-refractivity contribution in [2.45, 2.75) is 34.6 Å². The Morgan fingerprint density at radius 3 is 1.92 bits per heavy atom. The Bertz CT molecular complexity index is 206. The SMILES string of the molecule is CC(=O)NNC(=O)C(C)C(C)(C)C. The van der Waals surface area contributed by atoms with Gasteiger partial charge >= 0.3 is 0 Å². The maximum atomic E-state index is 11.4. The Morgan fingerprint density at radius 2 is 1.62 bits per heavy atom. The van der Waals surface area contributed by atoms with Crippen molar-refractivity contribution in [3.63, 3.8) is 0 Å². The molecular formula is C9H18N2O2. The maximum absolute atomic E-state index is 11.4. The topological polar surface area (TPSA) is 58.2 Å². The van der Waals surface area contributed by atoms with Gasteiger partial charge in [-0.3, -0.25) is 20.4 Å². The fourth-order valence-corrected chi connectivity index (χ4v) is 0.651. The Hall–Kier alpha value is -1.06. The lowest BCUT2D eigenvalue weighted by atomic mass is 9.82. The van der Waals surface area contributed by atoms with Crippen LogP contribution >= 0.6 is 0 Å². The van der Waals surface area contributed by atoms with Crippen LogP contribution in [0.5, 0.6) is 0 Å². The van der Waals surface area contributed by atoms with Crippen molar-refractivity contribution in [3.8, 4) is 0 Å². The second kappa shape index (κ2) is 4.25. The predicted octanol–water partition coefficient (Wildman–Crippen LogP) is 0.836. The highest BCUT2D eigenvalue weighted by Gasteiger charge is 2.26. The minimum atomic E-state index is -0.269. The zero-order valence-corrected chi connectivity index (χ0v) is 8.89. The van der Waals surface area contributed by atoms with Crippen LogP contribution in [-0.4, -0.2) is 11.8 Å². The monoisotopic (exact) mass is 186 g/mol. The van der Waals surface area contributed by atoms with Crippen molar-refractivity contribution in [2.75, 3.05) is 0 Å². The summed E-state index contributed by atoms with van der Waals surface area (Å²) in [6, 6.07) is 0. The summed E-state index contributed by atoms with van der Waals surface area (Å²) in [6.07, 6.45) is 0. The van der Waals surface area contributed by atoms with E-state index in [-0.39, 0.29) is 23.1 Å². The third-order valence-corrected chi connectivity index (χ3v) is 2.05. The Balaban J connectivity index is 4.05. The van der Waals surface area contributed by atoms with Crippen LogP contribution < -0.4 is 10.9 Å². The summed E-state index contributed by atoms with van der Waals surface area (Å²) in [6.45, 7) is 9.11. The van der Waals surface area contributed by atoms with Gasteiger partial charge in [-0.1, -0.05) is 27.7 Å². The normalized spacial score (nSPS) is 13.3. The van der Waals surface area contributed by atoms with Gasteiger partial charge < -0.3 is 0 Å². The van der Waals surface area contributed by atoms with Gasteiger partial charge in [-0.2, -0.15) is 0 Å². The van der Waals surface area contributed by atoms with E-state index in [9.17, 15) is 9.59 Å². The molecule has 0 radical (unpaired) electrons. The summed E-state index contributed by atoms with van der Waals surface area (Å²) in [5, 5.41) is 0. The standard InChI is InChI=1S/C9H18N2O2/c1-6(9(3,4)5)8(13)11-10-7(2)12/h6H,1-5H3,(H,10,12)(H,11,13). The molecule has 0 bridgehead atoms. The number of carbonyl (C=O) groups excluding carboxylic acids is 2. The summed E-state index contributed by atoms with van der Waals surface area (Å²) < 4.78 is 0. The number of hydrogen-bond donors (Lipinski definition) is 2. The van der Waals surface area contributed by atoms with Gasteiger partial charge in [0.1, 0.15) is 0 Å². The first-order valence-corrected chi connectivity index (χ1v) is 4.31. The van der Waals surface area contributed by atoms with Crippen LogP contribution in [0.1, 0.15) is 34.6 Å². The average molecular weight is 186 g/mol. The summed E-state index contributed by atoms with van der Waals surface area (Å²) >= 11 is 0. The van der Waals surface area contributed by atoms with Gasteiger partial charge in [0, 0.05) is 12.8 Å². The van der Waals surface area contributed by atoms with Crippen LogP contribution in [0.2, 0.25) is 0 Å². The second-order valence-electron chi connectivity index (χ2n) is 4.26. The lowest BCUT2D eigenvalue weighted by Crippen LogP contribution is -2.45. The third kappa shape index (κ3) is 4.50. The molecule has 0 spiro atoms. The van der Waals surface area contributed by atoms with E-state index in [0.29, 0.717) is 0 Å². The van der Waals surface area contributed by atoms with Gasteiger partial charge in [-0.05, 0) is 5.41 Å². The molecule has 0 aliphatic carbocycles. The highest BCUT2D eigenvalue weighted by Crippen LogP contribution is 2.24. The summed E-state index contributed by atoms with van der Waals surface area (Å²) in [5.41, 5.74) is 4.52. The first-order valence-electron chi connectivity index (χ1n) is 4.31. The average Bonchev–Trinajstić information content (AvgIpc) is 1.96. The van der Waals surface area contributed by atoms with Crippen LogP contribution in [0.3, 0.4) is 0 Å². The number of hydrazine groups is 1. The van der Waals surface area contributed by atoms with E-state index in [1.165, 1.54) is 6.92 Å². The van der Waals surface area contributed by atoms with E-state index in [1.807, 2.05) is 27.7 Å². The lowest BCUT2D eigenvalue weighted by Gasteiger charge is -2.25. The van der Waals surface area contributed by atoms with Gasteiger partial charge in [0.25, 0.3) is 0 Å². The molecule has 2 amide bonds. The number of rotatable bonds is 1. The number of carbonyl (C=O) groups is 2. The molecule has 0 aromatic rings. The number of nitrogens with one attached hydrogen (secondary N) is 2. The number of hydrogen-bond acceptors (Lipinski definition) is 2. The zero-order chi connectivity index (χ0) is 10.6. The van der Waals surface area contributed by atoms with Gasteiger partial charge in [-0.25, -0.2) is 0 Å². The van der Waals surface area contributed by atoms with Gasteiger partial charge in [0.15, 0.2) is 0 Å². The predicted molar refractivity (Wildman–Crippen MR) is 50.6 cm³/mol. The van der Waals surface area contributed by atoms with Gasteiger partial charge in [0.05, 0.1) is 0 Å². The number of amides is 2. The molecule has 0 aliphatic rings. The third-order valence-electron chi connectivity index (χ3n) is 2.05. The Morgan fingerprint density at radius 1 is 1.15 bits per heavy atom. The highest BCUT2D eigenvalue weighted by molar-refractivity contribution is 5.82. The highest BCUT2D eigenvalue weighted by atomic mass is 16.2. The second-order valence-corrected chi connectivity index (χ2v) is 4.26. The van der Waals surface area contributed by atoms with Crippen molar-refractivity contribution < 1.29 is 9.59 Å². The first-order chi connectivity index (χ1) is 5.75. The van der Waals surface area contributed by atoms with E-state index in [4.69, 9.17) is 0 Å². The van der Waals surface area contributed by atoms with E-state index >= 15 is 0 Å². The molecule has 0 aromatic heterocycles. The summed E-state index contributed by atoms with van der Waals surface area (Å²) in [7, 11) is 0. The largest absolute Gasteiger partial charge is 0.274 e. The molecule has 1 unspecified atom stereocenters. The van der Waals surface area contributed by atoms with Crippen molar-refractivity contribution >= 4 is 11.8 Å². The molecule has 76 valence electrons. The molecule has 4 heteroatoms. The first kappa shape index (κ1) is 11.9. The fourth-order valence-electron chi connectivity index (χ4n) is 0.651. The molecule has 1 atom stereocenters. The lowest BCUT2D eigenvalue weighted by molar-refractivity contribution is -0.132. The Labute approximate surface area is 79.1 Å². The fraction of sp³-hybridized carbons (Fsp3) is 0.778. The smallest absolute Gasteiger partial charge is 0.241 e. The van der Waals surface area contributed by atoms with Crippen LogP contribution in [0.25, 0.3) is 0 Å². The quantitative estimate of drug-likeness (QED) is 0.596. The van der Waals surface area contributed by atoms with Crippen LogP contribution in [0.4, 0.5) is 0 Å². The van der Waals surface area contributed by atoms with Crippen LogP contribution in [0, 0.1) is 11.3 Å². The molecule has 0 heterocycles. The molecule has 0 fully saturated rings. The minimum absolute atomic E-state index is 0.0947. The summed E-state index contributed by atoms with van der Waals surface area (Å²) in [4.78, 5) is 21.9. The minimum Gasteiger partial charge on any atom is -0.274 e. The molecule has 0 aromatic carbocycles. The molecule has 0 rings (SSSR count). The van der Waals surface area contributed by atoms with Crippen molar-refractivity contribution in [2.24, 2.45) is 11.3 Å². The van der Waals surface area contributed by atoms with Crippen LogP contribution in [0.15, 0.2) is 0 Å². The van der Waals surface area contributed by atoms with Crippen molar-refractivity contribution in [1.29, 1.82) is 0 Å². The zero-order valence-electron chi connectivity index (χ0n) is 8.89. The molecule has 4 nitrogen and oxygen atoms in total. The Kier molecular flexibility index (Phi) is 3.91. The van der Waals surface area contributed by atoms with Gasteiger partial charge in [-0.15, -0.1) is 0 Å². The molecule has 2 N–H and O–H groups in total. The molecule has 0 saturated heterocycles. The molecular weight excluding hydrogens is 168 g/mol. The van der Waals surface area contributed by atoms with Gasteiger partial charge in [0.2, 0.25) is 11.8 Å². The van der Waals surface area contributed by atoms with Crippen LogP contribution in [-0.2, 0) is 9.59 Å².